The molecule has 0 saturated heterocycles. The molecule has 0 atom stereocenters. The summed E-state index contributed by atoms with van der Waals surface area (Å²) in [6.07, 6.45) is -9.00. The van der Waals surface area contributed by atoms with Crippen molar-refractivity contribution in [2.45, 2.75) is 55.6 Å². The molecule has 1 amide bonds. The number of hydrogen-bond donors (Lipinski definition) is 1. The minimum atomic E-state index is -4.69. The molecular weight excluding hydrogens is 486 g/mol. The Kier molecular flexibility index (Phi) is 6.53. The number of aromatic nitrogens is 1. The summed E-state index contributed by atoms with van der Waals surface area (Å²) in [5.74, 6) is -1.59. The lowest BCUT2D eigenvalue weighted by Gasteiger charge is -2.44. The van der Waals surface area contributed by atoms with Gasteiger partial charge in [-0.2, -0.15) is 26.3 Å². The Morgan fingerprint density at radius 2 is 1.62 bits per heavy atom. The standard InChI is InChI=1S/C22H22F6N2O3S/c1-12-17(7-8-18(29-12)22(26,27)28)30-19(31)13-9-15(10-13)20(2,3)34(32,33)16-6-4-5-14(11-16)21(23,24)25/h4-8,11,13,15H,9-10H2,1-3H3,(H,30,31). The van der Waals surface area contributed by atoms with E-state index in [9.17, 15) is 39.6 Å². The van der Waals surface area contributed by atoms with Crippen molar-refractivity contribution in [1.29, 1.82) is 0 Å². The lowest BCUT2D eigenvalue weighted by Crippen LogP contribution is -2.49. The molecule has 1 aromatic carbocycles. The zero-order valence-electron chi connectivity index (χ0n) is 18.4. The largest absolute Gasteiger partial charge is 0.433 e. The smallest absolute Gasteiger partial charge is 0.324 e. The maximum absolute atomic E-state index is 13.1. The fourth-order valence-electron chi connectivity index (χ4n) is 3.85. The molecule has 1 aliphatic carbocycles. The van der Waals surface area contributed by atoms with E-state index >= 15 is 0 Å². The van der Waals surface area contributed by atoms with Crippen LogP contribution in [0.15, 0.2) is 41.3 Å². The second kappa shape index (κ2) is 8.54. The van der Waals surface area contributed by atoms with Crippen LogP contribution >= 0.6 is 0 Å². The molecule has 186 valence electrons. The van der Waals surface area contributed by atoms with Crippen molar-refractivity contribution in [3.05, 3.63) is 53.3 Å². The summed E-state index contributed by atoms with van der Waals surface area (Å²) in [4.78, 5) is 15.5. The quantitative estimate of drug-likeness (QED) is 0.530. The van der Waals surface area contributed by atoms with Gasteiger partial charge in [0.15, 0.2) is 9.84 Å². The van der Waals surface area contributed by atoms with Crippen molar-refractivity contribution in [3.63, 3.8) is 0 Å². The number of carbonyl (C=O) groups is 1. The normalized spacial score (nSPS) is 19.4. The molecule has 1 N–H and O–H groups in total. The van der Waals surface area contributed by atoms with Gasteiger partial charge in [-0.05, 0) is 69.9 Å². The number of pyridine rings is 1. The van der Waals surface area contributed by atoms with Crippen molar-refractivity contribution in [2.75, 3.05) is 5.32 Å². The number of carbonyl (C=O) groups excluding carboxylic acids is 1. The topological polar surface area (TPSA) is 76.1 Å². The molecule has 0 radical (unpaired) electrons. The summed E-state index contributed by atoms with van der Waals surface area (Å²) in [6.45, 7) is 4.13. The van der Waals surface area contributed by atoms with Crippen LogP contribution in [0.5, 0.6) is 0 Å². The molecule has 1 aromatic heterocycles. The van der Waals surface area contributed by atoms with Gasteiger partial charge in [-0.1, -0.05) is 6.07 Å². The second-order valence-electron chi connectivity index (χ2n) is 8.81. The van der Waals surface area contributed by atoms with Gasteiger partial charge in [0, 0.05) is 5.92 Å². The summed E-state index contributed by atoms with van der Waals surface area (Å²) in [5, 5.41) is 2.51. The highest BCUT2D eigenvalue weighted by Crippen LogP contribution is 2.47. The molecule has 1 aliphatic rings. The predicted octanol–water partition coefficient (Wildman–Crippen LogP) is 5.64. The summed E-state index contributed by atoms with van der Waals surface area (Å²) >= 11 is 0. The van der Waals surface area contributed by atoms with Crippen molar-refractivity contribution in [2.24, 2.45) is 11.8 Å². The van der Waals surface area contributed by atoms with E-state index in [1.165, 1.54) is 20.8 Å². The maximum Gasteiger partial charge on any atom is 0.433 e. The summed E-state index contributed by atoms with van der Waals surface area (Å²) in [6, 6.07) is 5.37. The van der Waals surface area contributed by atoms with Crippen LogP contribution < -0.4 is 5.32 Å². The molecule has 34 heavy (non-hydrogen) atoms. The van der Waals surface area contributed by atoms with E-state index in [2.05, 4.69) is 10.3 Å². The number of benzene rings is 1. The molecule has 0 spiro atoms. The number of alkyl halides is 6. The van der Waals surface area contributed by atoms with Crippen LogP contribution in [0.25, 0.3) is 0 Å². The van der Waals surface area contributed by atoms with Crippen molar-refractivity contribution in [3.8, 4) is 0 Å². The van der Waals surface area contributed by atoms with Crippen LogP contribution in [0.3, 0.4) is 0 Å². The molecule has 1 fully saturated rings. The Hall–Kier alpha value is -2.63. The molecule has 0 bridgehead atoms. The third-order valence-corrected chi connectivity index (χ3v) is 8.88. The molecule has 3 rings (SSSR count). The highest BCUT2D eigenvalue weighted by molar-refractivity contribution is 7.92. The number of nitrogens with zero attached hydrogens (tertiary/aromatic N) is 1. The average molecular weight is 508 g/mol. The first-order valence-electron chi connectivity index (χ1n) is 10.2. The number of sulfone groups is 1. The van der Waals surface area contributed by atoms with Crippen molar-refractivity contribution in [1.82, 2.24) is 4.98 Å². The van der Waals surface area contributed by atoms with Gasteiger partial charge in [-0.3, -0.25) is 4.79 Å². The zero-order valence-corrected chi connectivity index (χ0v) is 19.2. The summed E-state index contributed by atoms with van der Waals surface area (Å²) in [5.41, 5.74) is -2.08. The van der Waals surface area contributed by atoms with E-state index in [4.69, 9.17) is 0 Å². The van der Waals surface area contributed by atoms with Crippen molar-refractivity contribution < 1.29 is 39.6 Å². The second-order valence-corrected chi connectivity index (χ2v) is 11.3. The fourth-order valence-corrected chi connectivity index (χ4v) is 5.63. The first kappa shape index (κ1) is 26.0. The van der Waals surface area contributed by atoms with Gasteiger partial charge < -0.3 is 5.32 Å². The van der Waals surface area contributed by atoms with Gasteiger partial charge in [-0.25, -0.2) is 13.4 Å². The highest BCUT2D eigenvalue weighted by Gasteiger charge is 2.50. The number of amides is 1. The van der Waals surface area contributed by atoms with E-state index in [0.29, 0.717) is 6.07 Å². The van der Waals surface area contributed by atoms with Gasteiger partial charge in [-0.15, -0.1) is 0 Å². The van der Waals surface area contributed by atoms with Gasteiger partial charge in [0.25, 0.3) is 0 Å². The number of aryl methyl sites for hydroxylation is 1. The number of anilines is 1. The number of rotatable bonds is 5. The van der Waals surface area contributed by atoms with Crippen LogP contribution in [0.2, 0.25) is 0 Å². The first-order valence-corrected chi connectivity index (χ1v) is 11.7. The van der Waals surface area contributed by atoms with Gasteiger partial charge >= 0.3 is 12.4 Å². The van der Waals surface area contributed by atoms with E-state index in [0.717, 1.165) is 30.3 Å². The molecule has 0 unspecified atom stereocenters. The molecular formula is C22H22F6N2O3S. The Bertz CT molecular complexity index is 1200. The monoisotopic (exact) mass is 508 g/mol. The SMILES string of the molecule is Cc1nc(C(F)(F)F)ccc1NC(=O)C1CC(C(C)(C)S(=O)(=O)c2cccc(C(F)(F)F)c2)C1. The van der Waals surface area contributed by atoms with Gasteiger partial charge in [0.2, 0.25) is 5.91 Å². The zero-order chi connectivity index (χ0) is 25.7. The third-order valence-electron chi connectivity index (χ3n) is 6.29. The Balaban J connectivity index is 1.70. The highest BCUT2D eigenvalue weighted by atomic mass is 32.2. The number of halogens is 6. The van der Waals surface area contributed by atoms with Gasteiger partial charge in [0.1, 0.15) is 5.69 Å². The molecule has 1 heterocycles. The number of hydrogen-bond acceptors (Lipinski definition) is 4. The van der Waals surface area contributed by atoms with E-state index in [1.54, 1.807) is 0 Å². The lowest BCUT2D eigenvalue weighted by atomic mass is 9.68. The van der Waals surface area contributed by atoms with Crippen LogP contribution in [-0.4, -0.2) is 24.1 Å². The van der Waals surface area contributed by atoms with Gasteiger partial charge in [0.05, 0.1) is 26.6 Å². The molecule has 12 heteroatoms. The van der Waals surface area contributed by atoms with E-state index in [-0.39, 0.29) is 24.2 Å². The predicted molar refractivity (Wildman–Crippen MR) is 112 cm³/mol. The maximum atomic E-state index is 13.1. The Morgan fingerprint density at radius 1 is 1.00 bits per heavy atom. The van der Waals surface area contributed by atoms with E-state index < -0.39 is 60.8 Å². The summed E-state index contributed by atoms with van der Waals surface area (Å²) in [7, 11) is -4.16. The fraction of sp³-hybridized carbons (Fsp3) is 0.455. The van der Waals surface area contributed by atoms with Crippen LogP contribution in [0, 0.1) is 18.8 Å². The van der Waals surface area contributed by atoms with Crippen LogP contribution in [0.4, 0.5) is 32.0 Å². The Morgan fingerprint density at radius 3 is 2.15 bits per heavy atom. The van der Waals surface area contributed by atoms with Crippen LogP contribution in [-0.2, 0) is 27.0 Å². The van der Waals surface area contributed by atoms with E-state index in [1.807, 2.05) is 0 Å². The minimum absolute atomic E-state index is 0.0218. The number of nitrogens with one attached hydrogen (secondary N) is 1. The molecule has 2 aromatic rings. The third kappa shape index (κ3) is 4.91. The molecule has 0 aliphatic heterocycles. The van der Waals surface area contributed by atoms with Crippen LogP contribution in [0.1, 0.15) is 43.6 Å². The Labute approximate surface area is 192 Å². The van der Waals surface area contributed by atoms with Crippen molar-refractivity contribution >= 4 is 21.4 Å². The lowest BCUT2D eigenvalue weighted by molar-refractivity contribution is -0.141. The molecule has 1 saturated carbocycles. The molecule has 5 nitrogen and oxygen atoms in total. The average Bonchev–Trinajstić information content (AvgIpc) is 2.66. The minimum Gasteiger partial charge on any atom is -0.324 e. The summed E-state index contributed by atoms with van der Waals surface area (Å²) < 4.78 is 102. The first-order chi connectivity index (χ1) is 15.4.